The summed E-state index contributed by atoms with van der Waals surface area (Å²) in [5.41, 5.74) is -0.0794. The number of carbonyl (C=O) groups excluding carboxylic acids is 1. The summed E-state index contributed by atoms with van der Waals surface area (Å²) in [7, 11) is 0. The van der Waals surface area contributed by atoms with E-state index in [0.29, 0.717) is 28.9 Å². The van der Waals surface area contributed by atoms with Crippen LogP contribution in [0, 0.1) is 11.3 Å². The molecule has 1 aromatic carbocycles. The van der Waals surface area contributed by atoms with Crippen molar-refractivity contribution in [2.24, 2.45) is 11.3 Å². The highest BCUT2D eigenvalue weighted by Gasteiger charge is 2.59. The zero-order valence-electron chi connectivity index (χ0n) is 12.4. The van der Waals surface area contributed by atoms with Gasteiger partial charge in [0.05, 0.1) is 5.92 Å². The van der Waals surface area contributed by atoms with Gasteiger partial charge in [-0.3, -0.25) is 9.59 Å². The Hall–Kier alpha value is -1.46. The lowest BCUT2D eigenvalue weighted by Gasteiger charge is -2.32. The minimum atomic E-state index is -0.717. The molecule has 23 heavy (non-hydrogen) atoms. The Morgan fingerprint density at radius 2 is 1.83 bits per heavy atom. The maximum Gasteiger partial charge on any atom is 0.307 e. The number of hydrogen-bond acceptors (Lipinski definition) is 3. The van der Waals surface area contributed by atoms with Crippen LogP contribution in [0.2, 0.25) is 10.0 Å². The third-order valence-electron chi connectivity index (χ3n) is 4.80. The number of benzene rings is 1. The molecule has 0 radical (unpaired) electrons. The molecule has 1 amide bonds. The zero-order chi connectivity index (χ0) is 16.6. The van der Waals surface area contributed by atoms with Crippen LogP contribution in [-0.4, -0.2) is 41.6 Å². The van der Waals surface area contributed by atoms with E-state index in [-0.39, 0.29) is 23.8 Å². The van der Waals surface area contributed by atoms with Crippen molar-refractivity contribution in [1.82, 2.24) is 4.90 Å². The van der Waals surface area contributed by atoms with Gasteiger partial charge in [0.2, 0.25) is 0 Å². The Kier molecular flexibility index (Phi) is 4.43. The van der Waals surface area contributed by atoms with Gasteiger partial charge in [-0.2, -0.15) is 0 Å². The van der Waals surface area contributed by atoms with Crippen molar-refractivity contribution >= 4 is 35.1 Å². The van der Waals surface area contributed by atoms with E-state index in [0.717, 1.165) is 19.3 Å². The minimum absolute atomic E-state index is 0.0774. The average molecular weight is 358 g/mol. The highest BCUT2D eigenvalue weighted by Crippen LogP contribution is 2.59. The molecule has 1 aliphatic heterocycles. The maximum atomic E-state index is 12.2. The summed E-state index contributed by atoms with van der Waals surface area (Å²) >= 11 is 11.8. The Bertz CT molecular complexity index is 621. The molecule has 124 valence electrons. The molecule has 1 saturated heterocycles. The molecule has 1 atom stereocenters. The molecule has 1 spiro atoms. The zero-order valence-corrected chi connectivity index (χ0v) is 13.9. The molecule has 1 heterocycles. The van der Waals surface area contributed by atoms with E-state index in [1.54, 1.807) is 23.1 Å². The van der Waals surface area contributed by atoms with E-state index in [1.165, 1.54) is 0 Å². The third kappa shape index (κ3) is 3.56. The monoisotopic (exact) mass is 357 g/mol. The van der Waals surface area contributed by atoms with Crippen molar-refractivity contribution in [2.75, 3.05) is 19.7 Å². The first-order valence-electron chi connectivity index (χ1n) is 7.49. The van der Waals surface area contributed by atoms with Crippen LogP contribution in [0.4, 0.5) is 0 Å². The summed E-state index contributed by atoms with van der Waals surface area (Å²) < 4.78 is 5.46. The SMILES string of the molecule is O=C(O)C1CC12CCN(C(=O)COc1cc(Cl)cc(Cl)c1)CC2. The van der Waals surface area contributed by atoms with Gasteiger partial charge in [-0.15, -0.1) is 0 Å². The number of halogens is 2. The van der Waals surface area contributed by atoms with Crippen LogP contribution in [0.25, 0.3) is 0 Å². The number of nitrogens with zero attached hydrogens (tertiary/aromatic N) is 1. The van der Waals surface area contributed by atoms with E-state index in [1.807, 2.05) is 0 Å². The van der Waals surface area contributed by atoms with Gasteiger partial charge in [0.1, 0.15) is 5.75 Å². The highest BCUT2D eigenvalue weighted by molar-refractivity contribution is 6.34. The van der Waals surface area contributed by atoms with Crippen LogP contribution in [0.3, 0.4) is 0 Å². The molecule has 1 aromatic rings. The van der Waals surface area contributed by atoms with Crippen molar-refractivity contribution in [3.8, 4) is 5.75 Å². The van der Waals surface area contributed by atoms with E-state index in [4.69, 9.17) is 33.0 Å². The lowest BCUT2D eigenvalue weighted by molar-refractivity contribution is -0.140. The van der Waals surface area contributed by atoms with Crippen LogP contribution in [0.5, 0.6) is 5.75 Å². The van der Waals surface area contributed by atoms with Crippen LogP contribution in [0.1, 0.15) is 19.3 Å². The molecular formula is C16H17Cl2NO4. The van der Waals surface area contributed by atoms with E-state index in [2.05, 4.69) is 0 Å². The first kappa shape index (κ1) is 16.4. The average Bonchev–Trinajstić information content (AvgIpc) is 3.19. The summed E-state index contributed by atoms with van der Waals surface area (Å²) in [5, 5.41) is 9.98. The number of likely N-dealkylation sites (tertiary alicyclic amines) is 1. The lowest BCUT2D eigenvalue weighted by Crippen LogP contribution is -2.42. The number of carboxylic acids is 1. The fourth-order valence-electron chi connectivity index (χ4n) is 3.30. The van der Waals surface area contributed by atoms with E-state index < -0.39 is 5.97 Å². The third-order valence-corrected chi connectivity index (χ3v) is 5.23. The molecule has 2 aliphatic rings. The fraction of sp³-hybridized carbons (Fsp3) is 0.500. The van der Waals surface area contributed by atoms with Gasteiger partial charge < -0.3 is 14.7 Å². The van der Waals surface area contributed by atoms with Gasteiger partial charge in [0, 0.05) is 23.1 Å². The summed E-state index contributed by atoms with van der Waals surface area (Å²) in [5.74, 6) is -0.600. The Balaban J connectivity index is 1.49. The molecule has 3 rings (SSSR count). The van der Waals surface area contributed by atoms with Crippen LogP contribution in [-0.2, 0) is 9.59 Å². The second kappa shape index (κ2) is 6.21. The van der Waals surface area contributed by atoms with Gasteiger partial charge >= 0.3 is 5.97 Å². The number of aliphatic carboxylic acids is 1. The summed E-state index contributed by atoms with van der Waals surface area (Å²) in [4.78, 5) is 25.0. The second-order valence-electron chi connectivity index (χ2n) is 6.23. The molecular weight excluding hydrogens is 341 g/mol. The number of hydrogen-bond donors (Lipinski definition) is 1. The molecule has 1 N–H and O–H groups in total. The molecule has 2 fully saturated rings. The molecule has 1 aliphatic carbocycles. The summed E-state index contributed by atoms with van der Waals surface area (Å²) in [6.45, 7) is 1.09. The van der Waals surface area contributed by atoms with Gasteiger partial charge in [-0.05, 0) is 42.9 Å². The molecule has 7 heteroatoms. The Morgan fingerprint density at radius 3 is 2.35 bits per heavy atom. The van der Waals surface area contributed by atoms with Gasteiger partial charge in [-0.25, -0.2) is 0 Å². The second-order valence-corrected chi connectivity index (χ2v) is 7.10. The van der Waals surface area contributed by atoms with Crippen molar-refractivity contribution in [3.05, 3.63) is 28.2 Å². The molecule has 0 aromatic heterocycles. The quantitative estimate of drug-likeness (QED) is 0.898. The van der Waals surface area contributed by atoms with Crippen molar-refractivity contribution in [3.63, 3.8) is 0 Å². The van der Waals surface area contributed by atoms with Crippen molar-refractivity contribution in [1.29, 1.82) is 0 Å². The number of rotatable bonds is 4. The highest BCUT2D eigenvalue weighted by atomic mass is 35.5. The number of ether oxygens (including phenoxy) is 1. The van der Waals surface area contributed by atoms with Crippen LogP contribution in [0.15, 0.2) is 18.2 Å². The number of carbonyl (C=O) groups is 2. The Labute approximate surface area is 144 Å². The summed E-state index contributed by atoms with van der Waals surface area (Å²) in [6.07, 6.45) is 2.24. The van der Waals surface area contributed by atoms with Crippen molar-refractivity contribution in [2.45, 2.75) is 19.3 Å². The minimum Gasteiger partial charge on any atom is -0.484 e. The topological polar surface area (TPSA) is 66.8 Å². The number of piperidine rings is 1. The predicted molar refractivity (Wildman–Crippen MR) is 85.9 cm³/mol. The maximum absolute atomic E-state index is 12.2. The van der Waals surface area contributed by atoms with Crippen LogP contribution >= 0.6 is 23.2 Å². The molecule has 1 saturated carbocycles. The largest absolute Gasteiger partial charge is 0.484 e. The predicted octanol–water partition coefficient (Wildman–Crippen LogP) is 3.09. The molecule has 1 unspecified atom stereocenters. The fourth-order valence-corrected chi connectivity index (χ4v) is 3.81. The smallest absolute Gasteiger partial charge is 0.307 e. The van der Waals surface area contributed by atoms with E-state index >= 15 is 0 Å². The normalized spacial score (nSPS) is 22.0. The number of carboxylic acid groups (broad SMARTS) is 1. The van der Waals surface area contributed by atoms with Crippen molar-refractivity contribution < 1.29 is 19.4 Å². The van der Waals surface area contributed by atoms with Crippen LogP contribution < -0.4 is 4.74 Å². The molecule has 5 nitrogen and oxygen atoms in total. The van der Waals surface area contributed by atoms with E-state index in [9.17, 15) is 9.59 Å². The Morgan fingerprint density at radius 1 is 1.22 bits per heavy atom. The van der Waals surface area contributed by atoms with Gasteiger partial charge in [0.25, 0.3) is 5.91 Å². The lowest BCUT2D eigenvalue weighted by atomic mass is 9.91. The first-order valence-corrected chi connectivity index (χ1v) is 8.25. The number of amides is 1. The molecule has 0 bridgehead atoms. The van der Waals surface area contributed by atoms with Gasteiger partial charge in [-0.1, -0.05) is 23.2 Å². The summed E-state index contributed by atoms with van der Waals surface area (Å²) in [6, 6.07) is 4.80. The first-order chi connectivity index (χ1) is 10.9. The standard InChI is InChI=1S/C16H17Cl2NO4/c17-10-5-11(18)7-12(6-10)23-9-14(20)19-3-1-16(2-4-19)8-13(16)15(21)22/h5-7,13H,1-4,8-9H2,(H,21,22). The van der Waals surface area contributed by atoms with Gasteiger partial charge in [0.15, 0.2) is 6.61 Å².